The van der Waals surface area contributed by atoms with Crippen LogP contribution in [0.15, 0.2) is 0 Å². The quantitative estimate of drug-likeness (QED) is 0.714. The molecule has 0 bridgehead atoms. The minimum atomic E-state index is -0.708. The smallest absolute Gasteiger partial charge is 0.315 e. The van der Waals surface area contributed by atoms with E-state index in [1.807, 2.05) is 0 Å². The number of carbonyl (C=O) groups is 2. The number of hydrogen-bond acceptors (Lipinski definition) is 2. The summed E-state index contributed by atoms with van der Waals surface area (Å²) >= 11 is 0. The van der Waals surface area contributed by atoms with Gasteiger partial charge in [0, 0.05) is 12.6 Å². The van der Waals surface area contributed by atoms with E-state index < -0.39 is 5.97 Å². The van der Waals surface area contributed by atoms with Gasteiger partial charge in [-0.2, -0.15) is 0 Å². The van der Waals surface area contributed by atoms with Crippen molar-refractivity contribution in [1.29, 1.82) is 0 Å². The summed E-state index contributed by atoms with van der Waals surface area (Å²) in [6.07, 6.45) is 6.46. The van der Waals surface area contributed by atoms with E-state index in [0.717, 1.165) is 25.8 Å². The molecule has 2 saturated carbocycles. The monoisotopic (exact) mass is 268 g/mol. The first-order valence-corrected chi connectivity index (χ1v) is 7.26. The molecule has 0 saturated heterocycles. The third-order valence-corrected chi connectivity index (χ3v) is 4.53. The van der Waals surface area contributed by atoms with E-state index >= 15 is 0 Å². The highest BCUT2D eigenvalue weighted by Gasteiger charge is 2.36. The minimum Gasteiger partial charge on any atom is -0.481 e. The first-order chi connectivity index (χ1) is 8.98. The van der Waals surface area contributed by atoms with Crippen molar-refractivity contribution in [2.75, 3.05) is 6.54 Å². The number of amides is 2. The number of carboxylic acid groups (broad SMARTS) is 1. The van der Waals surface area contributed by atoms with E-state index in [-0.39, 0.29) is 18.0 Å². The molecule has 19 heavy (non-hydrogen) atoms. The van der Waals surface area contributed by atoms with Crippen molar-refractivity contribution in [2.45, 2.75) is 57.9 Å². The Hall–Kier alpha value is -1.26. The molecule has 3 N–H and O–H groups in total. The van der Waals surface area contributed by atoms with E-state index in [0.29, 0.717) is 18.3 Å². The molecular weight excluding hydrogens is 244 g/mol. The Morgan fingerprint density at radius 1 is 1.21 bits per heavy atom. The molecule has 0 aromatic rings. The van der Waals surface area contributed by atoms with Gasteiger partial charge >= 0.3 is 12.0 Å². The number of carboxylic acids is 1. The second kappa shape index (κ2) is 5.80. The molecule has 2 amide bonds. The lowest BCUT2D eigenvalue weighted by Gasteiger charge is -2.26. The van der Waals surface area contributed by atoms with E-state index in [4.69, 9.17) is 5.11 Å². The molecule has 2 aliphatic carbocycles. The minimum absolute atomic E-state index is 0.108. The largest absolute Gasteiger partial charge is 0.481 e. The summed E-state index contributed by atoms with van der Waals surface area (Å²) in [6, 6.07) is 0.0233. The summed E-state index contributed by atoms with van der Waals surface area (Å²) in [5.41, 5.74) is 0.465. The first kappa shape index (κ1) is 14.2. The summed E-state index contributed by atoms with van der Waals surface area (Å²) in [5.74, 6) is -0.934. The van der Waals surface area contributed by atoms with Crippen LogP contribution in [-0.4, -0.2) is 29.7 Å². The van der Waals surface area contributed by atoms with Crippen LogP contribution in [-0.2, 0) is 4.79 Å². The average molecular weight is 268 g/mol. The fourth-order valence-corrected chi connectivity index (χ4v) is 2.66. The van der Waals surface area contributed by atoms with Crippen LogP contribution in [0.3, 0.4) is 0 Å². The van der Waals surface area contributed by atoms with Crippen LogP contribution in [0.1, 0.15) is 51.9 Å². The molecule has 0 aliphatic heterocycles. The zero-order valence-electron chi connectivity index (χ0n) is 11.6. The Labute approximate surface area is 114 Å². The van der Waals surface area contributed by atoms with Gasteiger partial charge in [0.2, 0.25) is 0 Å². The lowest BCUT2D eigenvalue weighted by molar-refractivity contribution is -0.142. The van der Waals surface area contributed by atoms with Gasteiger partial charge in [-0.15, -0.1) is 0 Å². The van der Waals surface area contributed by atoms with Crippen LogP contribution in [0.25, 0.3) is 0 Å². The van der Waals surface area contributed by atoms with E-state index in [9.17, 15) is 9.59 Å². The predicted molar refractivity (Wildman–Crippen MR) is 71.9 cm³/mol. The van der Waals surface area contributed by atoms with Crippen molar-refractivity contribution < 1.29 is 14.7 Å². The number of carbonyl (C=O) groups excluding carboxylic acids is 1. The summed E-state index contributed by atoms with van der Waals surface area (Å²) in [5, 5.41) is 14.7. The highest BCUT2D eigenvalue weighted by Crippen LogP contribution is 2.47. The predicted octanol–water partition coefficient (Wildman–Crippen LogP) is 2.12. The molecule has 2 rings (SSSR count). The van der Waals surface area contributed by atoms with Gasteiger partial charge in [-0.05, 0) is 50.4 Å². The highest BCUT2D eigenvalue weighted by molar-refractivity contribution is 5.74. The lowest BCUT2D eigenvalue weighted by atomic mass is 9.86. The second-order valence-corrected chi connectivity index (χ2v) is 6.35. The fourth-order valence-electron chi connectivity index (χ4n) is 2.66. The SMILES string of the molecule is CC1(CCNC(=O)NC2CCC(C(=O)O)CC2)CC1. The van der Waals surface area contributed by atoms with Gasteiger partial charge in [0.1, 0.15) is 0 Å². The third-order valence-electron chi connectivity index (χ3n) is 4.53. The van der Waals surface area contributed by atoms with Gasteiger partial charge < -0.3 is 15.7 Å². The molecule has 2 aliphatic rings. The van der Waals surface area contributed by atoms with Gasteiger partial charge in [0.25, 0.3) is 0 Å². The van der Waals surface area contributed by atoms with Gasteiger partial charge in [0.15, 0.2) is 0 Å². The standard InChI is InChI=1S/C14H24N2O3/c1-14(6-7-14)8-9-15-13(19)16-11-4-2-10(3-5-11)12(17)18/h10-11H,2-9H2,1H3,(H,17,18)(H2,15,16,19). The zero-order valence-corrected chi connectivity index (χ0v) is 11.6. The van der Waals surface area contributed by atoms with Crippen LogP contribution < -0.4 is 10.6 Å². The van der Waals surface area contributed by atoms with Gasteiger partial charge in [-0.1, -0.05) is 6.92 Å². The Bertz CT molecular complexity index is 345. The van der Waals surface area contributed by atoms with E-state index in [1.54, 1.807) is 0 Å². The first-order valence-electron chi connectivity index (χ1n) is 7.26. The lowest BCUT2D eigenvalue weighted by Crippen LogP contribution is -2.44. The number of rotatable bonds is 5. The molecule has 0 spiro atoms. The fraction of sp³-hybridized carbons (Fsp3) is 0.857. The van der Waals surface area contributed by atoms with Crippen molar-refractivity contribution in [3.8, 4) is 0 Å². The Kier molecular flexibility index (Phi) is 4.32. The summed E-state index contributed by atoms with van der Waals surface area (Å²) < 4.78 is 0. The summed E-state index contributed by atoms with van der Waals surface area (Å²) in [7, 11) is 0. The summed E-state index contributed by atoms with van der Waals surface area (Å²) in [4.78, 5) is 22.5. The summed E-state index contributed by atoms with van der Waals surface area (Å²) in [6.45, 7) is 2.98. The maximum atomic E-state index is 11.7. The van der Waals surface area contributed by atoms with Gasteiger partial charge in [-0.3, -0.25) is 4.79 Å². The van der Waals surface area contributed by atoms with Crippen LogP contribution >= 0.6 is 0 Å². The van der Waals surface area contributed by atoms with Crippen molar-refractivity contribution in [1.82, 2.24) is 10.6 Å². The maximum Gasteiger partial charge on any atom is 0.315 e. The molecule has 5 heteroatoms. The van der Waals surface area contributed by atoms with Crippen molar-refractivity contribution in [3.63, 3.8) is 0 Å². The van der Waals surface area contributed by atoms with Crippen molar-refractivity contribution in [3.05, 3.63) is 0 Å². The molecule has 0 heterocycles. The van der Waals surface area contributed by atoms with Crippen molar-refractivity contribution in [2.24, 2.45) is 11.3 Å². The van der Waals surface area contributed by atoms with Crippen LogP contribution in [0.5, 0.6) is 0 Å². The molecular formula is C14H24N2O3. The Balaban J connectivity index is 1.59. The zero-order chi connectivity index (χ0) is 13.9. The molecule has 5 nitrogen and oxygen atoms in total. The molecule has 0 aromatic carbocycles. The molecule has 0 atom stereocenters. The maximum absolute atomic E-state index is 11.7. The molecule has 0 unspecified atom stereocenters. The normalized spacial score (nSPS) is 28.5. The Morgan fingerprint density at radius 3 is 2.37 bits per heavy atom. The van der Waals surface area contributed by atoms with Crippen LogP contribution in [0.4, 0.5) is 4.79 Å². The van der Waals surface area contributed by atoms with E-state index in [1.165, 1.54) is 12.8 Å². The van der Waals surface area contributed by atoms with Crippen molar-refractivity contribution >= 4 is 12.0 Å². The van der Waals surface area contributed by atoms with Crippen LogP contribution in [0.2, 0.25) is 0 Å². The molecule has 0 aromatic heterocycles. The number of urea groups is 1. The topological polar surface area (TPSA) is 78.4 Å². The second-order valence-electron chi connectivity index (χ2n) is 6.35. The third kappa shape index (κ3) is 4.40. The number of nitrogens with one attached hydrogen (secondary N) is 2. The van der Waals surface area contributed by atoms with Gasteiger partial charge in [0.05, 0.1) is 5.92 Å². The van der Waals surface area contributed by atoms with Gasteiger partial charge in [-0.25, -0.2) is 4.79 Å². The number of aliphatic carboxylic acids is 1. The van der Waals surface area contributed by atoms with E-state index in [2.05, 4.69) is 17.6 Å². The molecule has 108 valence electrons. The highest BCUT2D eigenvalue weighted by atomic mass is 16.4. The molecule has 0 radical (unpaired) electrons. The number of hydrogen-bond donors (Lipinski definition) is 3. The Morgan fingerprint density at radius 2 is 1.84 bits per heavy atom. The molecule has 2 fully saturated rings. The van der Waals surface area contributed by atoms with Crippen LogP contribution in [0, 0.1) is 11.3 Å². The average Bonchev–Trinajstić information content (AvgIpc) is 3.08.